The molecule has 4 nitrogen and oxygen atoms in total. The van der Waals surface area contributed by atoms with Crippen molar-refractivity contribution in [2.75, 3.05) is 5.88 Å². The molecule has 0 aromatic rings. The Labute approximate surface area is 104 Å². The van der Waals surface area contributed by atoms with Crippen molar-refractivity contribution in [2.45, 2.75) is 45.3 Å². The molecule has 100 valence electrons. The molecule has 1 fully saturated rings. The molecule has 1 amide bonds. The molecule has 1 saturated carbocycles. The van der Waals surface area contributed by atoms with Gasteiger partial charge in [-0.25, -0.2) is 8.42 Å². The van der Waals surface area contributed by atoms with Gasteiger partial charge in [0.1, 0.15) is 5.88 Å². The highest BCUT2D eigenvalue weighted by atomic mass is 32.2. The molecule has 1 N–H and O–H groups in total. The van der Waals surface area contributed by atoms with E-state index in [0.717, 1.165) is 19.3 Å². The number of rotatable bonds is 5. The summed E-state index contributed by atoms with van der Waals surface area (Å²) in [6.45, 7) is 6.26. The summed E-state index contributed by atoms with van der Waals surface area (Å²) in [6, 6.07) is 0. The predicted molar refractivity (Wildman–Crippen MR) is 68.1 cm³/mol. The van der Waals surface area contributed by atoms with E-state index < -0.39 is 9.84 Å². The fourth-order valence-electron chi connectivity index (χ4n) is 2.78. The second kappa shape index (κ2) is 5.85. The van der Waals surface area contributed by atoms with Gasteiger partial charge in [0, 0.05) is 0 Å². The van der Waals surface area contributed by atoms with Gasteiger partial charge in [-0.2, -0.15) is 0 Å². The summed E-state index contributed by atoms with van der Waals surface area (Å²) in [5, 5.41) is 2.00. The fraction of sp³-hybridized carbons (Fsp3) is 0.917. The molecule has 17 heavy (non-hydrogen) atoms. The zero-order chi connectivity index (χ0) is 13.1. The summed E-state index contributed by atoms with van der Waals surface area (Å²) in [5.74, 6) is 0.834. The van der Waals surface area contributed by atoms with Crippen molar-refractivity contribution in [1.82, 2.24) is 5.32 Å². The van der Waals surface area contributed by atoms with Gasteiger partial charge in [0.2, 0.25) is 6.41 Å². The van der Waals surface area contributed by atoms with E-state index in [1.807, 2.05) is 0 Å². The minimum atomic E-state index is -3.21. The number of carbonyl (C=O) groups excluding carboxylic acids is 1. The third-order valence-electron chi connectivity index (χ3n) is 3.79. The first-order chi connectivity index (χ1) is 7.88. The quantitative estimate of drug-likeness (QED) is 0.764. The van der Waals surface area contributed by atoms with Crippen LogP contribution < -0.4 is 5.32 Å². The van der Waals surface area contributed by atoms with E-state index in [1.54, 1.807) is 0 Å². The van der Waals surface area contributed by atoms with Crippen molar-refractivity contribution < 1.29 is 13.2 Å². The van der Waals surface area contributed by atoms with E-state index in [2.05, 4.69) is 26.1 Å². The van der Waals surface area contributed by atoms with Gasteiger partial charge in [-0.05, 0) is 30.6 Å². The predicted octanol–water partition coefficient (Wildman–Crippen LogP) is 1.57. The summed E-state index contributed by atoms with van der Waals surface area (Å²) in [7, 11) is -3.21. The fourth-order valence-corrected chi connectivity index (χ4v) is 4.90. The van der Waals surface area contributed by atoms with E-state index in [0.29, 0.717) is 18.2 Å². The molecular formula is C12H23NO3S. The third kappa shape index (κ3) is 3.69. The van der Waals surface area contributed by atoms with Crippen LogP contribution in [0.3, 0.4) is 0 Å². The molecule has 0 heterocycles. The van der Waals surface area contributed by atoms with Gasteiger partial charge in [-0.15, -0.1) is 0 Å². The van der Waals surface area contributed by atoms with Gasteiger partial charge < -0.3 is 5.32 Å². The lowest BCUT2D eigenvalue weighted by Crippen LogP contribution is -2.41. The van der Waals surface area contributed by atoms with Crippen molar-refractivity contribution >= 4 is 16.2 Å². The Balaban J connectivity index is 2.85. The Morgan fingerprint density at radius 1 is 1.35 bits per heavy atom. The Bertz CT molecular complexity index is 351. The first-order valence-electron chi connectivity index (χ1n) is 6.27. The number of sulfone groups is 1. The monoisotopic (exact) mass is 261 g/mol. The molecule has 0 spiro atoms. The third-order valence-corrected chi connectivity index (χ3v) is 5.82. The highest BCUT2D eigenvalue weighted by Crippen LogP contribution is 2.37. The topological polar surface area (TPSA) is 63.2 Å². The van der Waals surface area contributed by atoms with Crippen LogP contribution in [0.1, 0.15) is 40.0 Å². The van der Waals surface area contributed by atoms with Crippen molar-refractivity contribution in [2.24, 2.45) is 17.8 Å². The molecule has 1 aliphatic carbocycles. The summed E-state index contributed by atoms with van der Waals surface area (Å²) in [4.78, 5) is 10.2. The van der Waals surface area contributed by atoms with E-state index in [9.17, 15) is 13.2 Å². The molecular weight excluding hydrogens is 238 g/mol. The molecule has 0 unspecified atom stereocenters. The zero-order valence-corrected chi connectivity index (χ0v) is 11.7. The highest BCUT2D eigenvalue weighted by molar-refractivity contribution is 7.92. The lowest BCUT2D eigenvalue weighted by Gasteiger charge is -2.36. The lowest BCUT2D eigenvalue weighted by molar-refractivity contribution is -0.109. The van der Waals surface area contributed by atoms with Crippen molar-refractivity contribution in [3.8, 4) is 0 Å². The first kappa shape index (κ1) is 14.5. The van der Waals surface area contributed by atoms with Crippen molar-refractivity contribution in [3.63, 3.8) is 0 Å². The average molecular weight is 261 g/mol. The molecule has 0 radical (unpaired) electrons. The summed E-state index contributed by atoms with van der Waals surface area (Å²) in [5.41, 5.74) is 0. The average Bonchev–Trinajstić information content (AvgIpc) is 2.26. The van der Waals surface area contributed by atoms with Crippen LogP contribution in [-0.4, -0.2) is 26.0 Å². The molecule has 0 aromatic heterocycles. The summed E-state index contributed by atoms with van der Waals surface area (Å²) < 4.78 is 24.4. The molecule has 0 aromatic carbocycles. The maximum Gasteiger partial charge on any atom is 0.207 e. The minimum absolute atomic E-state index is 0.225. The van der Waals surface area contributed by atoms with Crippen molar-refractivity contribution in [1.29, 1.82) is 0 Å². The Hall–Kier alpha value is -0.580. The van der Waals surface area contributed by atoms with Gasteiger partial charge in [0.05, 0.1) is 5.25 Å². The first-order valence-corrected chi connectivity index (χ1v) is 7.98. The molecule has 1 aliphatic rings. The van der Waals surface area contributed by atoms with E-state index >= 15 is 0 Å². The smallest absolute Gasteiger partial charge is 0.207 e. The summed E-state index contributed by atoms with van der Waals surface area (Å²) >= 11 is 0. The molecule has 5 heteroatoms. The van der Waals surface area contributed by atoms with E-state index in [1.165, 1.54) is 0 Å². The van der Waals surface area contributed by atoms with Crippen LogP contribution in [0.15, 0.2) is 0 Å². The van der Waals surface area contributed by atoms with Crippen molar-refractivity contribution in [3.05, 3.63) is 0 Å². The number of carbonyl (C=O) groups is 1. The van der Waals surface area contributed by atoms with Gasteiger partial charge in [-0.1, -0.05) is 27.2 Å². The number of amides is 1. The molecule has 0 bridgehead atoms. The number of hydrogen-bond acceptors (Lipinski definition) is 3. The molecule has 1 rings (SSSR count). The van der Waals surface area contributed by atoms with Crippen LogP contribution in [0.5, 0.6) is 0 Å². The second-order valence-corrected chi connectivity index (χ2v) is 7.71. The molecule has 3 atom stereocenters. The zero-order valence-electron chi connectivity index (χ0n) is 10.8. The van der Waals surface area contributed by atoms with Gasteiger partial charge in [0.25, 0.3) is 0 Å². The van der Waals surface area contributed by atoms with E-state index in [4.69, 9.17) is 0 Å². The largest absolute Gasteiger partial charge is 0.345 e. The SMILES string of the molecule is CC(C)[C@H]1CC[C@@H](C)C[C@H]1S(=O)(=O)CNC=O. The van der Waals surface area contributed by atoms with Crippen LogP contribution >= 0.6 is 0 Å². The van der Waals surface area contributed by atoms with Gasteiger partial charge in [-0.3, -0.25) is 4.79 Å². The maximum absolute atomic E-state index is 12.2. The van der Waals surface area contributed by atoms with Crippen LogP contribution in [0.25, 0.3) is 0 Å². The highest BCUT2D eigenvalue weighted by Gasteiger charge is 2.38. The summed E-state index contributed by atoms with van der Waals surface area (Å²) in [6.07, 6.45) is 3.26. The van der Waals surface area contributed by atoms with Gasteiger partial charge in [0.15, 0.2) is 9.84 Å². The van der Waals surface area contributed by atoms with E-state index in [-0.39, 0.29) is 17.0 Å². The number of hydrogen-bond donors (Lipinski definition) is 1. The minimum Gasteiger partial charge on any atom is -0.345 e. The van der Waals surface area contributed by atoms with Crippen LogP contribution in [0, 0.1) is 17.8 Å². The second-order valence-electron chi connectivity index (χ2n) is 5.49. The standard InChI is InChI=1S/C12H23NO3S/c1-9(2)11-5-4-10(3)6-12(11)17(15,16)8-13-7-14/h7,9-12H,4-6,8H2,1-3H3,(H,13,14)/t10-,11-,12-/m1/s1. The van der Waals surface area contributed by atoms with Crippen LogP contribution in [-0.2, 0) is 14.6 Å². The van der Waals surface area contributed by atoms with Crippen LogP contribution in [0.4, 0.5) is 0 Å². The van der Waals surface area contributed by atoms with Gasteiger partial charge >= 0.3 is 0 Å². The maximum atomic E-state index is 12.2. The normalized spacial score (nSPS) is 30.2. The Kier molecular flexibility index (Phi) is 4.98. The number of nitrogens with one attached hydrogen (secondary N) is 1. The molecule has 0 aliphatic heterocycles. The lowest BCUT2D eigenvalue weighted by atomic mass is 9.77. The Morgan fingerprint density at radius 3 is 2.53 bits per heavy atom. The molecule has 0 saturated heterocycles. The van der Waals surface area contributed by atoms with Crippen LogP contribution in [0.2, 0.25) is 0 Å². The Morgan fingerprint density at radius 2 is 2.00 bits per heavy atom.